The van der Waals surface area contributed by atoms with Crippen molar-refractivity contribution in [3.63, 3.8) is 0 Å². The lowest BCUT2D eigenvalue weighted by atomic mass is 10.0. The Balaban J connectivity index is 1.77. The van der Waals surface area contributed by atoms with E-state index in [-0.39, 0.29) is 12.5 Å². The Morgan fingerprint density at radius 1 is 1.23 bits per heavy atom. The monoisotopic (exact) mass is 368 g/mol. The molecule has 0 saturated heterocycles. The summed E-state index contributed by atoms with van der Waals surface area (Å²) in [5.41, 5.74) is 5.51. The standard InChI is InChI=1S/C19H20N4O2S/c1-11-4-5-14(18-20-7-6-12(2)23-18)8-15(11)19(25)21-9-16(24)17-13(3)22-10-26-17/h4-8,10,16,24H,9H2,1-3H3,(H,21,25)/t16-/m1/s1. The first-order valence-electron chi connectivity index (χ1n) is 8.22. The Bertz CT molecular complexity index is 939. The van der Waals surface area contributed by atoms with E-state index in [4.69, 9.17) is 0 Å². The fourth-order valence-electron chi connectivity index (χ4n) is 2.60. The van der Waals surface area contributed by atoms with Gasteiger partial charge in [0.15, 0.2) is 5.82 Å². The molecular formula is C19H20N4O2S. The van der Waals surface area contributed by atoms with E-state index < -0.39 is 6.10 Å². The summed E-state index contributed by atoms with van der Waals surface area (Å²) in [7, 11) is 0. The van der Waals surface area contributed by atoms with Crippen molar-refractivity contribution in [2.75, 3.05) is 6.54 Å². The highest BCUT2D eigenvalue weighted by Gasteiger charge is 2.16. The Morgan fingerprint density at radius 2 is 2.04 bits per heavy atom. The molecule has 1 aromatic carbocycles. The van der Waals surface area contributed by atoms with E-state index in [1.807, 2.05) is 39.0 Å². The molecule has 2 N–H and O–H groups in total. The molecule has 0 aliphatic rings. The van der Waals surface area contributed by atoms with Gasteiger partial charge in [-0.15, -0.1) is 11.3 Å². The second-order valence-corrected chi connectivity index (χ2v) is 6.97. The second kappa shape index (κ2) is 7.72. The fraction of sp³-hybridized carbons (Fsp3) is 0.263. The van der Waals surface area contributed by atoms with Gasteiger partial charge in [0.1, 0.15) is 6.10 Å². The molecule has 1 atom stereocenters. The lowest BCUT2D eigenvalue weighted by Crippen LogP contribution is -2.29. The largest absolute Gasteiger partial charge is 0.386 e. The van der Waals surface area contributed by atoms with Crippen LogP contribution < -0.4 is 5.32 Å². The van der Waals surface area contributed by atoms with Crippen LogP contribution in [0.3, 0.4) is 0 Å². The smallest absolute Gasteiger partial charge is 0.251 e. The molecule has 3 rings (SSSR count). The first-order valence-corrected chi connectivity index (χ1v) is 9.10. The van der Waals surface area contributed by atoms with Gasteiger partial charge in [-0.25, -0.2) is 15.0 Å². The maximum absolute atomic E-state index is 12.6. The van der Waals surface area contributed by atoms with Crippen molar-refractivity contribution in [1.29, 1.82) is 0 Å². The van der Waals surface area contributed by atoms with Gasteiger partial charge in [-0.1, -0.05) is 12.1 Å². The number of rotatable bonds is 5. The van der Waals surface area contributed by atoms with Crippen LogP contribution in [-0.2, 0) is 0 Å². The number of hydrogen-bond acceptors (Lipinski definition) is 6. The van der Waals surface area contributed by atoms with Gasteiger partial charge in [-0.3, -0.25) is 4.79 Å². The van der Waals surface area contributed by atoms with Gasteiger partial charge in [0.2, 0.25) is 0 Å². The number of amides is 1. The van der Waals surface area contributed by atoms with E-state index in [0.717, 1.165) is 27.4 Å². The minimum atomic E-state index is -0.768. The maximum Gasteiger partial charge on any atom is 0.251 e. The predicted molar refractivity (Wildman–Crippen MR) is 101 cm³/mol. The van der Waals surface area contributed by atoms with Crippen LogP contribution in [0.5, 0.6) is 0 Å². The third-order valence-electron chi connectivity index (χ3n) is 4.08. The van der Waals surface area contributed by atoms with E-state index in [9.17, 15) is 9.90 Å². The zero-order valence-electron chi connectivity index (χ0n) is 14.9. The number of nitrogens with zero attached hydrogens (tertiary/aromatic N) is 3. The van der Waals surface area contributed by atoms with E-state index >= 15 is 0 Å². The van der Waals surface area contributed by atoms with Crippen LogP contribution in [-0.4, -0.2) is 32.5 Å². The summed E-state index contributed by atoms with van der Waals surface area (Å²) in [6.07, 6.45) is 0.931. The number of benzene rings is 1. The molecule has 0 bridgehead atoms. The number of carbonyl (C=O) groups excluding carboxylic acids is 1. The number of thiazole rings is 1. The molecule has 134 valence electrons. The van der Waals surface area contributed by atoms with Gasteiger partial charge in [-0.2, -0.15) is 0 Å². The first kappa shape index (κ1) is 18.2. The Morgan fingerprint density at radius 3 is 2.73 bits per heavy atom. The predicted octanol–water partition coefficient (Wildman–Crippen LogP) is 2.99. The van der Waals surface area contributed by atoms with Crippen molar-refractivity contribution in [3.05, 3.63) is 63.4 Å². The summed E-state index contributed by atoms with van der Waals surface area (Å²) >= 11 is 1.38. The number of aromatic nitrogens is 3. The molecule has 2 aromatic heterocycles. The van der Waals surface area contributed by atoms with Crippen LogP contribution in [0.25, 0.3) is 11.4 Å². The average Bonchev–Trinajstić information content (AvgIpc) is 3.06. The minimum absolute atomic E-state index is 0.131. The maximum atomic E-state index is 12.6. The van der Waals surface area contributed by atoms with Gasteiger partial charge >= 0.3 is 0 Å². The normalized spacial score (nSPS) is 12.0. The summed E-state index contributed by atoms with van der Waals surface area (Å²) < 4.78 is 0. The van der Waals surface area contributed by atoms with Gasteiger partial charge in [0.25, 0.3) is 5.91 Å². The average molecular weight is 368 g/mol. The molecule has 0 aliphatic heterocycles. The van der Waals surface area contributed by atoms with E-state index in [0.29, 0.717) is 11.4 Å². The van der Waals surface area contributed by atoms with E-state index in [1.165, 1.54) is 11.3 Å². The zero-order valence-corrected chi connectivity index (χ0v) is 15.7. The van der Waals surface area contributed by atoms with Crippen molar-refractivity contribution >= 4 is 17.2 Å². The number of aliphatic hydroxyl groups is 1. The molecule has 0 radical (unpaired) electrons. The topological polar surface area (TPSA) is 88.0 Å². The summed E-state index contributed by atoms with van der Waals surface area (Å²) in [5, 5.41) is 13.0. The molecule has 2 heterocycles. The second-order valence-electron chi connectivity index (χ2n) is 6.08. The molecule has 0 spiro atoms. The summed E-state index contributed by atoms with van der Waals surface area (Å²) in [5.74, 6) is 0.345. The number of aryl methyl sites for hydroxylation is 3. The van der Waals surface area contributed by atoms with Crippen molar-refractivity contribution in [2.24, 2.45) is 0 Å². The van der Waals surface area contributed by atoms with Gasteiger partial charge in [0.05, 0.1) is 16.1 Å². The first-order chi connectivity index (χ1) is 12.5. The molecule has 3 aromatic rings. The van der Waals surface area contributed by atoms with Gasteiger partial charge in [0, 0.05) is 29.6 Å². The molecule has 0 fully saturated rings. The van der Waals surface area contributed by atoms with Gasteiger partial charge < -0.3 is 10.4 Å². The lowest BCUT2D eigenvalue weighted by molar-refractivity contribution is 0.0917. The van der Waals surface area contributed by atoms with Crippen molar-refractivity contribution in [2.45, 2.75) is 26.9 Å². The van der Waals surface area contributed by atoms with Crippen LogP contribution >= 0.6 is 11.3 Å². The van der Waals surface area contributed by atoms with E-state index in [2.05, 4.69) is 20.3 Å². The van der Waals surface area contributed by atoms with Crippen LogP contribution in [0.4, 0.5) is 0 Å². The van der Waals surface area contributed by atoms with Crippen LogP contribution in [0, 0.1) is 20.8 Å². The Hall–Kier alpha value is -2.64. The summed E-state index contributed by atoms with van der Waals surface area (Å²) in [6.45, 7) is 5.74. The number of aliphatic hydroxyl groups excluding tert-OH is 1. The molecule has 0 unspecified atom stereocenters. The zero-order chi connectivity index (χ0) is 18.7. The highest BCUT2D eigenvalue weighted by molar-refractivity contribution is 7.09. The third-order valence-corrected chi connectivity index (χ3v) is 5.11. The molecule has 1 amide bonds. The lowest BCUT2D eigenvalue weighted by Gasteiger charge is -2.13. The minimum Gasteiger partial charge on any atom is -0.386 e. The Kier molecular flexibility index (Phi) is 5.39. The number of nitrogens with one attached hydrogen (secondary N) is 1. The number of carbonyl (C=O) groups is 1. The highest BCUT2D eigenvalue weighted by atomic mass is 32.1. The molecular weight excluding hydrogens is 348 g/mol. The molecule has 0 saturated carbocycles. The molecule has 7 heteroatoms. The SMILES string of the molecule is Cc1ccnc(-c2ccc(C)c(C(=O)NC[C@@H](O)c3scnc3C)c2)n1. The van der Waals surface area contributed by atoms with Crippen molar-refractivity contribution < 1.29 is 9.90 Å². The van der Waals surface area contributed by atoms with Crippen molar-refractivity contribution in [3.8, 4) is 11.4 Å². The van der Waals surface area contributed by atoms with Crippen molar-refractivity contribution in [1.82, 2.24) is 20.3 Å². The van der Waals surface area contributed by atoms with Crippen LogP contribution in [0.2, 0.25) is 0 Å². The molecule has 0 aliphatic carbocycles. The van der Waals surface area contributed by atoms with Crippen LogP contribution in [0.1, 0.15) is 38.3 Å². The summed E-state index contributed by atoms with van der Waals surface area (Å²) in [6, 6.07) is 7.38. The number of hydrogen-bond donors (Lipinski definition) is 2. The van der Waals surface area contributed by atoms with Gasteiger partial charge in [-0.05, 0) is 38.5 Å². The Labute approximate surface area is 156 Å². The van der Waals surface area contributed by atoms with Crippen LogP contribution in [0.15, 0.2) is 36.0 Å². The highest BCUT2D eigenvalue weighted by Crippen LogP contribution is 2.22. The molecule has 26 heavy (non-hydrogen) atoms. The quantitative estimate of drug-likeness (QED) is 0.723. The fourth-order valence-corrected chi connectivity index (χ4v) is 3.39. The third kappa shape index (κ3) is 3.95. The molecule has 6 nitrogen and oxygen atoms in total. The summed E-state index contributed by atoms with van der Waals surface area (Å²) in [4.78, 5) is 26.2. The van der Waals surface area contributed by atoms with E-state index in [1.54, 1.807) is 17.8 Å².